The number of aliphatic hydroxyl groups is 1. The molecule has 1 N–H and O–H groups in total. The molecule has 1 unspecified atom stereocenters. The zero-order valence-electron chi connectivity index (χ0n) is 6.81. The lowest BCUT2D eigenvalue weighted by Gasteiger charge is -2.09. The minimum absolute atomic E-state index is 0.257. The van der Waals surface area contributed by atoms with Crippen molar-refractivity contribution in [2.24, 2.45) is 0 Å². The van der Waals surface area contributed by atoms with E-state index in [-0.39, 0.29) is 6.61 Å². The summed E-state index contributed by atoms with van der Waals surface area (Å²) in [6, 6.07) is 9.39. The number of hydrogen-bond donors (Lipinski definition) is 1. The van der Waals surface area contributed by atoms with Crippen molar-refractivity contribution >= 4 is 0 Å². The maximum absolute atomic E-state index is 9.48. The van der Waals surface area contributed by atoms with Crippen LogP contribution < -0.4 is 0 Å². The summed E-state index contributed by atoms with van der Waals surface area (Å²) in [4.78, 5) is 0. The van der Waals surface area contributed by atoms with Gasteiger partial charge in [0, 0.05) is 0 Å². The Hall–Kier alpha value is -1.28. The Labute approximate surface area is 72.1 Å². The summed E-state index contributed by atoms with van der Waals surface area (Å²) in [5.74, 6) is 0. The van der Waals surface area contributed by atoms with Crippen molar-refractivity contribution in [1.29, 1.82) is 0 Å². The second kappa shape index (κ2) is 4.57. The highest BCUT2D eigenvalue weighted by Crippen LogP contribution is 2.11. The van der Waals surface area contributed by atoms with Crippen molar-refractivity contribution in [3.05, 3.63) is 48.7 Å². The van der Waals surface area contributed by atoms with Gasteiger partial charge in [-0.25, -0.2) is 0 Å². The fourth-order valence-corrected chi connectivity index (χ4v) is 0.931. The number of benzene rings is 1. The first kappa shape index (κ1) is 8.81. The second-order valence-corrected chi connectivity index (χ2v) is 2.43. The fourth-order valence-electron chi connectivity index (χ4n) is 0.931. The molecule has 0 saturated heterocycles. The quantitative estimate of drug-likeness (QED) is 0.688. The summed E-state index contributed by atoms with van der Waals surface area (Å²) in [6.45, 7) is 3.65. The lowest BCUT2D eigenvalue weighted by molar-refractivity contribution is 0.0847. The summed E-state index contributed by atoms with van der Waals surface area (Å²) < 4.78 is 4.86. The predicted octanol–water partition coefficient (Wildman–Crippen LogP) is 1.88. The van der Waals surface area contributed by atoms with Crippen LogP contribution in [0.3, 0.4) is 0 Å². The largest absolute Gasteiger partial charge is 0.499 e. The lowest BCUT2D eigenvalue weighted by Crippen LogP contribution is -2.03. The smallest absolute Gasteiger partial charge is 0.117 e. The molecule has 0 saturated carbocycles. The molecule has 1 rings (SSSR count). The summed E-state index contributed by atoms with van der Waals surface area (Å²) >= 11 is 0. The number of aliphatic hydroxyl groups excluding tert-OH is 1. The molecule has 0 amide bonds. The van der Waals surface area contributed by atoms with Crippen LogP contribution >= 0.6 is 0 Å². The Morgan fingerprint density at radius 3 is 2.67 bits per heavy atom. The maximum Gasteiger partial charge on any atom is 0.117 e. The van der Waals surface area contributed by atoms with Crippen LogP contribution in [0.1, 0.15) is 11.7 Å². The Bertz CT molecular complexity index is 231. The van der Waals surface area contributed by atoms with E-state index in [1.54, 1.807) is 0 Å². The van der Waals surface area contributed by atoms with Crippen molar-refractivity contribution in [2.45, 2.75) is 6.10 Å². The molecule has 2 nitrogen and oxygen atoms in total. The second-order valence-electron chi connectivity index (χ2n) is 2.43. The highest BCUT2D eigenvalue weighted by Gasteiger charge is 2.04. The van der Waals surface area contributed by atoms with E-state index in [1.807, 2.05) is 30.3 Å². The molecule has 0 spiro atoms. The molecule has 0 bridgehead atoms. The minimum atomic E-state index is -0.566. The van der Waals surface area contributed by atoms with E-state index in [2.05, 4.69) is 6.58 Å². The van der Waals surface area contributed by atoms with Crippen LogP contribution in [0.4, 0.5) is 0 Å². The number of rotatable bonds is 4. The van der Waals surface area contributed by atoms with E-state index in [0.717, 1.165) is 5.56 Å². The average molecular weight is 164 g/mol. The molecule has 2 heteroatoms. The van der Waals surface area contributed by atoms with Gasteiger partial charge in [0.1, 0.15) is 12.7 Å². The molecular weight excluding hydrogens is 152 g/mol. The molecule has 0 aliphatic carbocycles. The molecule has 0 heterocycles. The maximum atomic E-state index is 9.48. The standard InChI is InChI=1S/C10H12O2/c1-2-12-8-10(11)9-6-4-3-5-7-9/h2-7,10-11H,1,8H2. The van der Waals surface area contributed by atoms with E-state index in [4.69, 9.17) is 4.74 Å². The van der Waals surface area contributed by atoms with Gasteiger partial charge in [-0.2, -0.15) is 0 Å². The predicted molar refractivity (Wildman–Crippen MR) is 47.6 cm³/mol. The van der Waals surface area contributed by atoms with E-state index < -0.39 is 6.10 Å². The molecule has 0 radical (unpaired) electrons. The van der Waals surface area contributed by atoms with Crippen molar-refractivity contribution in [2.75, 3.05) is 6.61 Å². The van der Waals surface area contributed by atoms with E-state index >= 15 is 0 Å². The highest BCUT2D eigenvalue weighted by atomic mass is 16.5. The highest BCUT2D eigenvalue weighted by molar-refractivity contribution is 5.17. The van der Waals surface area contributed by atoms with Gasteiger partial charge >= 0.3 is 0 Å². The van der Waals surface area contributed by atoms with Gasteiger partial charge in [0.15, 0.2) is 0 Å². The van der Waals surface area contributed by atoms with Gasteiger partial charge in [-0.3, -0.25) is 0 Å². The first-order chi connectivity index (χ1) is 5.84. The molecule has 12 heavy (non-hydrogen) atoms. The Balaban J connectivity index is 2.53. The van der Waals surface area contributed by atoms with E-state index in [9.17, 15) is 5.11 Å². The van der Waals surface area contributed by atoms with Gasteiger partial charge < -0.3 is 9.84 Å². The molecule has 0 aliphatic rings. The first-order valence-electron chi connectivity index (χ1n) is 3.80. The summed E-state index contributed by atoms with van der Waals surface area (Å²) in [5.41, 5.74) is 0.861. The molecule has 1 aromatic rings. The zero-order chi connectivity index (χ0) is 8.81. The van der Waals surface area contributed by atoms with Crippen molar-refractivity contribution < 1.29 is 9.84 Å². The summed E-state index contributed by atoms with van der Waals surface area (Å²) in [5, 5.41) is 9.48. The van der Waals surface area contributed by atoms with Crippen LogP contribution in [0.2, 0.25) is 0 Å². The fraction of sp³-hybridized carbons (Fsp3) is 0.200. The van der Waals surface area contributed by atoms with E-state index in [0.29, 0.717) is 0 Å². The lowest BCUT2D eigenvalue weighted by atomic mass is 10.1. The van der Waals surface area contributed by atoms with Gasteiger partial charge in [-0.1, -0.05) is 36.9 Å². The van der Waals surface area contributed by atoms with Crippen LogP contribution in [-0.4, -0.2) is 11.7 Å². The average Bonchev–Trinajstić information content (AvgIpc) is 2.15. The topological polar surface area (TPSA) is 29.5 Å². The van der Waals surface area contributed by atoms with E-state index in [1.165, 1.54) is 6.26 Å². The molecule has 1 atom stereocenters. The van der Waals surface area contributed by atoms with Crippen molar-refractivity contribution in [3.8, 4) is 0 Å². The monoisotopic (exact) mass is 164 g/mol. The summed E-state index contributed by atoms with van der Waals surface area (Å²) in [6.07, 6.45) is 0.760. The normalized spacial score (nSPS) is 12.1. The molecular formula is C10H12O2. The van der Waals surface area contributed by atoms with Crippen LogP contribution in [0.15, 0.2) is 43.2 Å². The van der Waals surface area contributed by atoms with Crippen LogP contribution in [0, 0.1) is 0 Å². The van der Waals surface area contributed by atoms with Crippen LogP contribution in [-0.2, 0) is 4.74 Å². The van der Waals surface area contributed by atoms with Crippen LogP contribution in [0.25, 0.3) is 0 Å². The SMILES string of the molecule is C=COCC(O)c1ccccc1. The van der Waals surface area contributed by atoms with Gasteiger partial charge in [-0.15, -0.1) is 0 Å². The Morgan fingerprint density at radius 1 is 1.42 bits per heavy atom. The minimum Gasteiger partial charge on any atom is -0.499 e. The third-order valence-electron chi connectivity index (χ3n) is 1.56. The first-order valence-corrected chi connectivity index (χ1v) is 3.80. The number of ether oxygens (including phenoxy) is 1. The van der Waals surface area contributed by atoms with Gasteiger partial charge in [0.25, 0.3) is 0 Å². The molecule has 64 valence electrons. The third kappa shape index (κ3) is 2.40. The number of hydrogen-bond acceptors (Lipinski definition) is 2. The summed E-state index contributed by atoms with van der Waals surface area (Å²) in [7, 11) is 0. The van der Waals surface area contributed by atoms with Gasteiger partial charge in [0.05, 0.1) is 6.26 Å². The van der Waals surface area contributed by atoms with Gasteiger partial charge in [0.2, 0.25) is 0 Å². The van der Waals surface area contributed by atoms with Crippen LogP contribution in [0.5, 0.6) is 0 Å². The van der Waals surface area contributed by atoms with Crippen molar-refractivity contribution in [1.82, 2.24) is 0 Å². The zero-order valence-corrected chi connectivity index (χ0v) is 6.81. The van der Waals surface area contributed by atoms with Gasteiger partial charge in [-0.05, 0) is 5.56 Å². The molecule has 0 fully saturated rings. The Kier molecular flexibility index (Phi) is 3.35. The van der Waals surface area contributed by atoms with Crippen molar-refractivity contribution in [3.63, 3.8) is 0 Å². The Morgan fingerprint density at radius 2 is 2.08 bits per heavy atom. The molecule has 0 aromatic heterocycles. The molecule has 1 aromatic carbocycles. The third-order valence-corrected chi connectivity index (χ3v) is 1.56. The molecule has 0 aliphatic heterocycles.